The Bertz CT molecular complexity index is 474. The van der Waals surface area contributed by atoms with Gasteiger partial charge in [-0.25, -0.2) is 0 Å². The van der Waals surface area contributed by atoms with Gasteiger partial charge >= 0.3 is 5.97 Å². The fourth-order valence-electron chi connectivity index (χ4n) is 1.38. The zero-order valence-corrected chi connectivity index (χ0v) is 13.7. The monoisotopic (exact) mass is 353 g/mol. The molecule has 1 rings (SSSR count). The van der Waals surface area contributed by atoms with E-state index in [4.69, 9.17) is 15.4 Å². The highest BCUT2D eigenvalue weighted by Gasteiger charge is 2.28. The van der Waals surface area contributed by atoms with E-state index in [2.05, 4.69) is 19.6 Å². The van der Waals surface area contributed by atoms with Crippen molar-refractivity contribution in [2.45, 2.75) is 31.7 Å². The number of thioether (sulfide) groups is 1. The first-order valence-corrected chi connectivity index (χ1v) is 8.78. The fraction of sp³-hybridized carbons (Fsp3) is 0.700. The molecule has 0 saturated heterocycles. The SMILES string of the molecule is CSCC(N)c1noc(CN[S+]([O-])NC(C(=O)O)C(C)O)n1. The van der Waals surface area contributed by atoms with Crippen molar-refractivity contribution in [3.63, 3.8) is 0 Å². The van der Waals surface area contributed by atoms with Crippen LogP contribution in [-0.4, -0.2) is 55.0 Å². The Balaban J connectivity index is 2.47. The molecule has 12 heteroatoms. The van der Waals surface area contributed by atoms with E-state index in [9.17, 15) is 14.5 Å². The molecule has 0 aliphatic heterocycles. The molecular weight excluding hydrogens is 334 g/mol. The van der Waals surface area contributed by atoms with Crippen LogP contribution in [0, 0.1) is 0 Å². The van der Waals surface area contributed by atoms with E-state index in [1.165, 1.54) is 6.92 Å². The number of carboxylic acids is 1. The minimum Gasteiger partial charge on any atom is -0.579 e. The number of aliphatic hydroxyl groups is 1. The Morgan fingerprint density at radius 3 is 2.86 bits per heavy atom. The summed E-state index contributed by atoms with van der Waals surface area (Å²) in [6.07, 6.45) is 0.695. The molecule has 0 aliphatic carbocycles. The number of aliphatic carboxylic acids is 1. The average Bonchev–Trinajstić information content (AvgIpc) is 2.91. The van der Waals surface area contributed by atoms with Gasteiger partial charge in [0.25, 0.3) is 0 Å². The number of rotatable bonds is 10. The van der Waals surface area contributed by atoms with Crippen LogP contribution < -0.4 is 15.2 Å². The summed E-state index contributed by atoms with van der Waals surface area (Å²) in [5, 5.41) is 21.8. The summed E-state index contributed by atoms with van der Waals surface area (Å²) in [7, 11) is 0. The summed E-state index contributed by atoms with van der Waals surface area (Å²) in [4.78, 5) is 14.9. The third-order valence-electron chi connectivity index (χ3n) is 2.50. The molecule has 0 aliphatic rings. The molecule has 4 unspecified atom stereocenters. The molecule has 126 valence electrons. The molecule has 6 N–H and O–H groups in total. The zero-order valence-electron chi connectivity index (χ0n) is 12.1. The minimum absolute atomic E-state index is 0.0370. The first-order valence-electron chi connectivity index (χ1n) is 6.24. The van der Waals surface area contributed by atoms with E-state index in [1.807, 2.05) is 6.26 Å². The highest BCUT2D eigenvalue weighted by atomic mass is 32.2. The normalized spacial score (nSPS) is 17.0. The number of nitrogens with two attached hydrogens (primary N) is 1. The van der Waals surface area contributed by atoms with Gasteiger partial charge in [0.1, 0.15) is 18.1 Å². The molecule has 1 heterocycles. The number of aliphatic hydroxyl groups excluding tert-OH is 1. The number of hydrogen-bond acceptors (Lipinski definition) is 10. The summed E-state index contributed by atoms with van der Waals surface area (Å²) >= 11 is -0.357. The molecule has 0 fully saturated rings. The molecule has 4 atom stereocenters. The van der Waals surface area contributed by atoms with Gasteiger partial charge in [0, 0.05) is 5.75 Å². The highest BCUT2D eigenvalue weighted by molar-refractivity contribution is 7.98. The summed E-state index contributed by atoms with van der Waals surface area (Å²) in [5.74, 6) is -0.162. The van der Waals surface area contributed by atoms with Crippen molar-refractivity contribution in [2.24, 2.45) is 5.73 Å². The first-order chi connectivity index (χ1) is 10.3. The number of hydrogen-bond donors (Lipinski definition) is 5. The first kappa shape index (κ1) is 19.2. The maximum Gasteiger partial charge on any atom is 0.328 e. The van der Waals surface area contributed by atoms with Crippen LogP contribution in [-0.2, 0) is 22.9 Å². The highest BCUT2D eigenvalue weighted by Crippen LogP contribution is 2.11. The molecule has 0 aromatic carbocycles. The second kappa shape index (κ2) is 9.29. The lowest BCUT2D eigenvalue weighted by Crippen LogP contribution is -2.51. The van der Waals surface area contributed by atoms with Crippen molar-refractivity contribution in [2.75, 3.05) is 12.0 Å². The van der Waals surface area contributed by atoms with Crippen LogP contribution in [0.15, 0.2) is 4.52 Å². The number of nitrogens with zero attached hydrogens (tertiary/aromatic N) is 2. The topological polar surface area (TPSA) is 170 Å². The maximum atomic E-state index is 11.7. The Labute approximate surface area is 134 Å². The van der Waals surface area contributed by atoms with Gasteiger partial charge in [-0.2, -0.15) is 16.7 Å². The van der Waals surface area contributed by atoms with Gasteiger partial charge in [-0.3, -0.25) is 4.79 Å². The number of carbonyl (C=O) groups is 1. The van der Waals surface area contributed by atoms with E-state index in [0.29, 0.717) is 11.6 Å². The van der Waals surface area contributed by atoms with E-state index < -0.39 is 29.7 Å². The lowest BCUT2D eigenvalue weighted by molar-refractivity contribution is -0.141. The molecule has 0 radical (unpaired) electrons. The van der Waals surface area contributed by atoms with Gasteiger partial charge in [0.05, 0.1) is 12.1 Å². The molecule has 0 bridgehead atoms. The molecule has 0 amide bonds. The third kappa shape index (κ3) is 6.08. The van der Waals surface area contributed by atoms with E-state index >= 15 is 0 Å². The Hall–Kier alpha value is -0.890. The second-order valence-corrected chi connectivity index (χ2v) is 6.34. The van der Waals surface area contributed by atoms with Crippen LogP contribution in [0.1, 0.15) is 24.7 Å². The number of nitrogens with one attached hydrogen (secondary N) is 2. The van der Waals surface area contributed by atoms with Crippen molar-refractivity contribution in [1.82, 2.24) is 19.6 Å². The van der Waals surface area contributed by atoms with Gasteiger partial charge in [-0.05, 0) is 13.2 Å². The van der Waals surface area contributed by atoms with Crippen molar-refractivity contribution < 1.29 is 24.1 Å². The summed E-state index contributed by atoms with van der Waals surface area (Å²) in [6, 6.07) is -1.72. The summed E-state index contributed by atoms with van der Waals surface area (Å²) in [5.41, 5.74) is 5.82. The molecule has 22 heavy (non-hydrogen) atoms. The summed E-state index contributed by atoms with van der Waals surface area (Å²) in [6.45, 7) is 1.24. The van der Waals surface area contributed by atoms with Crippen molar-refractivity contribution in [3.8, 4) is 0 Å². The van der Waals surface area contributed by atoms with E-state index in [0.717, 1.165) is 0 Å². The van der Waals surface area contributed by atoms with Gasteiger partial charge in [0.15, 0.2) is 11.9 Å². The zero-order chi connectivity index (χ0) is 16.7. The Kier molecular flexibility index (Phi) is 8.09. The third-order valence-corrected chi connectivity index (χ3v) is 4.07. The van der Waals surface area contributed by atoms with Crippen LogP contribution in [0.4, 0.5) is 0 Å². The number of carboxylic acid groups (broad SMARTS) is 1. The Morgan fingerprint density at radius 1 is 1.64 bits per heavy atom. The second-order valence-electron chi connectivity index (χ2n) is 4.37. The largest absolute Gasteiger partial charge is 0.579 e. The predicted molar refractivity (Wildman–Crippen MR) is 80.8 cm³/mol. The van der Waals surface area contributed by atoms with Crippen LogP contribution in [0.2, 0.25) is 0 Å². The van der Waals surface area contributed by atoms with E-state index in [1.54, 1.807) is 11.8 Å². The Morgan fingerprint density at radius 2 is 2.32 bits per heavy atom. The predicted octanol–water partition coefficient (Wildman–Crippen LogP) is -1.48. The van der Waals surface area contributed by atoms with Crippen molar-refractivity contribution in [1.29, 1.82) is 0 Å². The van der Waals surface area contributed by atoms with Crippen LogP contribution in [0.25, 0.3) is 0 Å². The van der Waals surface area contributed by atoms with Crippen LogP contribution in [0.5, 0.6) is 0 Å². The maximum absolute atomic E-state index is 11.7. The van der Waals surface area contributed by atoms with Gasteiger partial charge in [-0.15, -0.1) is 9.44 Å². The van der Waals surface area contributed by atoms with Crippen molar-refractivity contribution in [3.05, 3.63) is 11.7 Å². The van der Waals surface area contributed by atoms with Gasteiger partial charge in [0.2, 0.25) is 5.89 Å². The van der Waals surface area contributed by atoms with Crippen LogP contribution in [0.3, 0.4) is 0 Å². The number of aromatic nitrogens is 2. The van der Waals surface area contributed by atoms with Gasteiger partial charge in [-0.1, -0.05) is 5.16 Å². The standard InChI is InChI=1S/C10H19N5O5S2/c1-5(16)8(10(17)18)15-22(19)12-3-7-13-9(14-20-7)6(11)4-21-2/h5-6,8,12,15-16H,3-4,11H2,1-2H3,(H,17,18). The lowest BCUT2D eigenvalue weighted by atomic mass is 10.2. The molecule has 0 spiro atoms. The average molecular weight is 353 g/mol. The molecule has 0 saturated carbocycles. The summed E-state index contributed by atoms with van der Waals surface area (Å²) < 4.78 is 21.3. The minimum atomic E-state index is -1.90. The molecule has 10 nitrogen and oxygen atoms in total. The molecular formula is C10H19N5O5S2. The lowest BCUT2D eigenvalue weighted by Gasteiger charge is -2.17. The van der Waals surface area contributed by atoms with Crippen molar-refractivity contribution >= 4 is 29.3 Å². The molecule has 1 aromatic rings. The smallest absolute Gasteiger partial charge is 0.328 e. The fourth-order valence-corrected chi connectivity index (χ4v) is 2.76. The van der Waals surface area contributed by atoms with Crippen LogP contribution >= 0.6 is 11.8 Å². The van der Waals surface area contributed by atoms with Gasteiger partial charge < -0.3 is 25.0 Å². The quantitative estimate of drug-likeness (QED) is 0.311. The van der Waals surface area contributed by atoms with E-state index in [-0.39, 0.29) is 18.5 Å². The molecule has 1 aromatic heterocycles.